The molecule has 3 nitrogen and oxygen atoms in total. The van der Waals surface area contributed by atoms with E-state index in [0.29, 0.717) is 0 Å². The lowest BCUT2D eigenvalue weighted by molar-refractivity contribution is 0.216. The molecule has 2 N–H and O–H groups in total. The van der Waals surface area contributed by atoms with Crippen LogP contribution in [0.2, 0.25) is 0 Å². The molecule has 0 radical (unpaired) electrons. The first-order chi connectivity index (χ1) is 10.2. The van der Waals surface area contributed by atoms with Crippen molar-refractivity contribution in [3.63, 3.8) is 0 Å². The average molecular weight is 283 g/mol. The predicted octanol–water partition coefficient (Wildman–Crippen LogP) is 3.03. The first-order valence-electron chi connectivity index (χ1n) is 7.58. The highest BCUT2D eigenvalue weighted by molar-refractivity contribution is 5.17. The topological polar surface area (TPSA) is 42.1 Å². The monoisotopic (exact) mass is 283 g/mol. The van der Waals surface area contributed by atoms with Crippen molar-refractivity contribution in [2.45, 2.75) is 31.8 Å². The molecule has 1 heterocycles. The van der Waals surface area contributed by atoms with E-state index < -0.39 is 0 Å². The molecule has 2 aromatic rings. The van der Waals surface area contributed by atoms with E-state index in [0.717, 1.165) is 19.4 Å². The van der Waals surface area contributed by atoms with E-state index in [1.165, 1.54) is 11.1 Å². The van der Waals surface area contributed by atoms with Gasteiger partial charge in [-0.2, -0.15) is 0 Å². The second kappa shape index (κ2) is 7.91. The molecule has 0 saturated heterocycles. The van der Waals surface area contributed by atoms with Gasteiger partial charge in [0.25, 0.3) is 0 Å². The van der Waals surface area contributed by atoms with Gasteiger partial charge < -0.3 is 5.73 Å². The maximum atomic E-state index is 6.19. The molecule has 21 heavy (non-hydrogen) atoms. The quantitative estimate of drug-likeness (QED) is 0.849. The SMILES string of the molecule is CC(N)C(c1ccncc1)N(C)CCCc1ccccc1. The van der Waals surface area contributed by atoms with Gasteiger partial charge in [-0.05, 0) is 56.6 Å². The smallest absolute Gasteiger partial charge is 0.0494 e. The normalized spacial score (nSPS) is 14.1. The summed E-state index contributed by atoms with van der Waals surface area (Å²) in [5.41, 5.74) is 8.82. The minimum Gasteiger partial charge on any atom is -0.326 e. The lowest BCUT2D eigenvalue weighted by Crippen LogP contribution is -2.37. The molecule has 1 aromatic carbocycles. The van der Waals surface area contributed by atoms with E-state index in [1.54, 1.807) is 0 Å². The van der Waals surface area contributed by atoms with Crippen molar-refractivity contribution < 1.29 is 0 Å². The molecule has 0 amide bonds. The second-order valence-electron chi connectivity index (χ2n) is 5.65. The van der Waals surface area contributed by atoms with Crippen LogP contribution in [0.3, 0.4) is 0 Å². The van der Waals surface area contributed by atoms with Gasteiger partial charge in [0.05, 0.1) is 0 Å². The number of nitrogens with zero attached hydrogens (tertiary/aromatic N) is 2. The van der Waals surface area contributed by atoms with E-state index in [1.807, 2.05) is 12.4 Å². The lowest BCUT2D eigenvalue weighted by Gasteiger charge is -2.31. The van der Waals surface area contributed by atoms with Gasteiger partial charge in [-0.25, -0.2) is 0 Å². The Morgan fingerprint density at radius 2 is 1.76 bits per heavy atom. The number of rotatable bonds is 7. The first kappa shape index (κ1) is 15.7. The van der Waals surface area contributed by atoms with Gasteiger partial charge in [0.15, 0.2) is 0 Å². The number of aryl methyl sites for hydroxylation is 1. The van der Waals surface area contributed by atoms with Crippen molar-refractivity contribution in [1.82, 2.24) is 9.88 Å². The van der Waals surface area contributed by atoms with Crippen LogP contribution in [0.15, 0.2) is 54.9 Å². The molecule has 0 saturated carbocycles. The summed E-state index contributed by atoms with van der Waals surface area (Å²) in [7, 11) is 2.15. The zero-order valence-corrected chi connectivity index (χ0v) is 12.9. The van der Waals surface area contributed by atoms with Crippen molar-refractivity contribution in [3.05, 3.63) is 66.0 Å². The molecule has 0 aliphatic rings. The van der Waals surface area contributed by atoms with Gasteiger partial charge in [0, 0.05) is 24.5 Å². The zero-order chi connectivity index (χ0) is 15.1. The summed E-state index contributed by atoms with van der Waals surface area (Å²) in [6.07, 6.45) is 5.91. The van der Waals surface area contributed by atoms with E-state index >= 15 is 0 Å². The molecule has 0 fully saturated rings. The number of hydrogen-bond acceptors (Lipinski definition) is 3. The molecule has 3 heteroatoms. The fraction of sp³-hybridized carbons (Fsp3) is 0.389. The van der Waals surface area contributed by atoms with Crippen molar-refractivity contribution >= 4 is 0 Å². The number of nitrogens with two attached hydrogens (primary N) is 1. The molecule has 112 valence electrons. The summed E-state index contributed by atoms with van der Waals surface area (Å²) in [6, 6.07) is 15.1. The number of benzene rings is 1. The lowest BCUT2D eigenvalue weighted by atomic mass is 10.00. The number of likely N-dealkylation sites (N-methyl/N-ethyl adjacent to an activating group) is 1. The Hall–Kier alpha value is -1.71. The molecule has 2 rings (SSSR count). The molecule has 2 atom stereocenters. The van der Waals surface area contributed by atoms with Crippen LogP contribution < -0.4 is 5.73 Å². The third-order valence-corrected chi connectivity index (χ3v) is 3.84. The molecule has 0 aliphatic carbocycles. The van der Waals surface area contributed by atoms with Crippen molar-refractivity contribution in [2.24, 2.45) is 5.73 Å². The number of pyridine rings is 1. The Kier molecular flexibility index (Phi) is 5.90. The van der Waals surface area contributed by atoms with E-state index in [2.05, 4.69) is 66.3 Å². The Morgan fingerprint density at radius 3 is 2.38 bits per heavy atom. The third kappa shape index (κ3) is 4.66. The standard InChI is InChI=1S/C18H25N3/c1-15(19)18(17-10-12-20-13-11-17)21(2)14-6-9-16-7-4-3-5-8-16/h3-5,7-8,10-13,15,18H,6,9,14,19H2,1-2H3. The van der Waals surface area contributed by atoms with Crippen LogP contribution in [0.5, 0.6) is 0 Å². The highest BCUT2D eigenvalue weighted by atomic mass is 15.1. The van der Waals surface area contributed by atoms with Gasteiger partial charge in [-0.3, -0.25) is 9.88 Å². The van der Waals surface area contributed by atoms with Gasteiger partial charge >= 0.3 is 0 Å². The van der Waals surface area contributed by atoms with E-state index in [9.17, 15) is 0 Å². The summed E-state index contributed by atoms with van der Waals surface area (Å²) >= 11 is 0. The molecular weight excluding hydrogens is 258 g/mol. The van der Waals surface area contributed by atoms with Gasteiger partial charge in [0.1, 0.15) is 0 Å². The molecular formula is C18H25N3. The molecule has 1 aromatic heterocycles. The van der Waals surface area contributed by atoms with Gasteiger partial charge in [-0.15, -0.1) is 0 Å². The summed E-state index contributed by atoms with van der Waals surface area (Å²) in [5.74, 6) is 0. The molecule has 0 spiro atoms. The Bertz CT molecular complexity index is 511. The van der Waals surface area contributed by atoms with Crippen LogP contribution in [0.1, 0.15) is 30.5 Å². The highest BCUT2D eigenvalue weighted by Crippen LogP contribution is 2.22. The van der Waals surface area contributed by atoms with Gasteiger partial charge in [-0.1, -0.05) is 30.3 Å². The molecule has 2 unspecified atom stereocenters. The largest absolute Gasteiger partial charge is 0.326 e. The van der Waals surface area contributed by atoms with Crippen LogP contribution in [0, 0.1) is 0 Å². The van der Waals surface area contributed by atoms with Crippen LogP contribution in [-0.4, -0.2) is 29.5 Å². The van der Waals surface area contributed by atoms with Crippen LogP contribution >= 0.6 is 0 Å². The predicted molar refractivity (Wildman–Crippen MR) is 88.0 cm³/mol. The first-order valence-corrected chi connectivity index (χ1v) is 7.58. The van der Waals surface area contributed by atoms with Crippen LogP contribution in [0.4, 0.5) is 0 Å². The zero-order valence-electron chi connectivity index (χ0n) is 12.9. The summed E-state index contributed by atoms with van der Waals surface area (Å²) in [4.78, 5) is 6.44. The highest BCUT2D eigenvalue weighted by Gasteiger charge is 2.20. The number of aromatic nitrogens is 1. The summed E-state index contributed by atoms with van der Waals surface area (Å²) < 4.78 is 0. The summed E-state index contributed by atoms with van der Waals surface area (Å²) in [6.45, 7) is 3.10. The second-order valence-corrected chi connectivity index (χ2v) is 5.65. The maximum absolute atomic E-state index is 6.19. The Balaban J connectivity index is 1.92. The fourth-order valence-corrected chi connectivity index (χ4v) is 2.84. The van der Waals surface area contributed by atoms with Crippen LogP contribution in [0.25, 0.3) is 0 Å². The van der Waals surface area contributed by atoms with Gasteiger partial charge in [0.2, 0.25) is 0 Å². The third-order valence-electron chi connectivity index (χ3n) is 3.84. The minimum absolute atomic E-state index is 0.0918. The average Bonchev–Trinajstić information content (AvgIpc) is 2.49. The molecule has 0 aliphatic heterocycles. The van der Waals surface area contributed by atoms with Crippen molar-refractivity contribution in [1.29, 1.82) is 0 Å². The maximum Gasteiger partial charge on any atom is 0.0494 e. The van der Waals surface area contributed by atoms with Crippen molar-refractivity contribution in [2.75, 3.05) is 13.6 Å². The van der Waals surface area contributed by atoms with E-state index in [4.69, 9.17) is 5.73 Å². The molecule has 0 bridgehead atoms. The Labute approximate surface area is 127 Å². The van der Waals surface area contributed by atoms with Crippen molar-refractivity contribution in [3.8, 4) is 0 Å². The number of hydrogen-bond donors (Lipinski definition) is 1. The minimum atomic E-state index is 0.0918. The Morgan fingerprint density at radius 1 is 1.10 bits per heavy atom. The fourth-order valence-electron chi connectivity index (χ4n) is 2.84. The van der Waals surface area contributed by atoms with E-state index in [-0.39, 0.29) is 12.1 Å². The summed E-state index contributed by atoms with van der Waals surface area (Å²) in [5, 5.41) is 0. The van der Waals surface area contributed by atoms with Crippen LogP contribution in [-0.2, 0) is 6.42 Å².